The number of carbonyl (C=O) groups excluding carboxylic acids is 2. The molecular formula is C24H32N2O8. The molecule has 186 valence electrons. The van der Waals surface area contributed by atoms with Gasteiger partial charge in [-0.05, 0) is 42.5 Å². The van der Waals surface area contributed by atoms with Crippen molar-refractivity contribution in [1.82, 2.24) is 10.2 Å². The lowest BCUT2D eigenvalue weighted by Crippen LogP contribution is -2.56. The predicted octanol–water partition coefficient (Wildman–Crippen LogP) is -0.305. The van der Waals surface area contributed by atoms with Crippen molar-refractivity contribution in [2.75, 3.05) is 40.5 Å². The Morgan fingerprint density at radius 2 is 2.00 bits per heavy atom. The third-order valence-electron chi connectivity index (χ3n) is 6.59. The van der Waals surface area contributed by atoms with Crippen LogP contribution in [-0.4, -0.2) is 90.8 Å². The summed E-state index contributed by atoms with van der Waals surface area (Å²) in [5.41, 5.74) is 1.53. The number of carbonyl (C=O) groups is 2. The molecule has 0 bridgehead atoms. The molecule has 10 nitrogen and oxygen atoms in total. The van der Waals surface area contributed by atoms with Crippen molar-refractivity contribution >= 4 is 11.8 Å². The Kier molecular flexibility index (Phi) is 7.42. The van der Waals surface area contributed by atoms with E-state index in [1.165, 1.54) is 14.2 Å². The molecule has 0 spiro atoms. The summed E-state index contributed by atoms with van der Waals surface area (Å²) in [6.07, 6.45) is 1.67. The first-order chi connectivity index (χ1) is 16.4. The molecule has 1 fully saturated rings. The van der Waals surface area contributed by atoms with Crippen LogP contribution >= 0.6 is 0 Å². The van der Waals surface area contributed by atoms with Crippen molar-refractivity contribution in [1.29, 1.82) is 0 Å². The second-order valence-corrected chi connectivity index (χ2v) is 8.94. The second kappa shape index (κ2) is 10.3. The Labute approximate surface area is 198 Å². The maximum absolute atomic E-state index is 13.2. The van der Waals surface area contributed by atoms with Gasteiger partial charge in [0.2, 0.25) is 11.8 Å². The maximum Gasteiger partial charge on any atom is 0.249 e. The van der Waals surface area contributed by atoms with Crippen LogP contribution in [0, 0.1) is 5.92 Å². The van der Waals surface area contributed by atoms with Gasteiger partial charge in [-0.2, -0.15) is 0 Å². The Morgan fingerprint density at radius 1 is 1.24 bits per heavy atom. The number of amides is 2. The monoisotopic (exact) mass is 476 g/mol. The fraction of sp³-hybridized carbons (Fsp3) is 0.583. The normalized spacial score (nSPS) is 25.0. The topological polar surface area (TPSA) is 138 Å². The predicted molar refractivity (Wildman–Crippen MR) is 120 cm³/mol. The number of hydrogen-bond acceptors (Lipinski definition) is 8. The van der Waals surface area contributed by atoms with E-state index in [0.29, 0.717) is 40.7 Å². The number of fused-ring (bicyclic) bond motifs is 3. The molecule has 1 aromatic rings. The first-order valence-corrected chi connectivity index (χ1v) is 11.5. The Morgan fingerprint density at radius 3 is 2.62 bits per heavy atom. The van der Waals surface area contributed by atoms with Gasteiger partial charge in [0.15, 0.2) is 11.5 Å². The molecular weight excluding hydrogens is 444 g/mol. The SMILES string of the molecule is COCC(=O)N(CC1CC1)C1C=C(C(=O)NCCO)C2c3cc(CO)cc(OC)c3OC2C1O. The van der Waals surface area contributed by atoms with Crippen molar-refractivity contribution in [3.8, 4) is 11.5 Å². The summed E-state index contributed by atoms with van der Waals surface area (Å²) in [6, 6.07) is 2.59. The zero-order valence-corrected chi connectivity index (χ0v) is 19.4. The molecule has 1 aliphatic heterocycles. The number of aliphatic hydroxyl groups excluding tert-OH is 3. The molecule has 1 saturated carbocycles. The van der Waals surface area contributed by atoms with Crippen molar-refractivity contribution in [2.45, 2.75) is 43.6 Å². The lowest BCUT2D eigenvalue weighted by Gasteiger charge is -2.40. The van der Waals surface area contributed by atoms with E-state index in [9.17, 15) is 24.9 Å². The van der Waals surface area contributed by atoms with Gasteiger partial charge >= 0.3 is 0 Å². The van der Waals surface area contributed by atoms with Crippen molar-refractivity contribution in [3.05, 3.63) is 34.9 Å². The van der Waals surface area contributed by atoms with Crippen LogP contribution in [0.4, 0.5) is 0 Å². The molecule has 4 N–H and O–H groups in total. The van der Waals surface area contributed by atoms with Gasteiger partial charge in [0.1, 0.15) is 18.8 Å². The van der Waals surface area contributed by atoms with E-state index >= 15 is 0 Å². The van der Waals surface area contributed by atoms with Crippen LogP contribution in [-0.2, 0) is 20.9 Å². The Balaban J connectivity index is 1.78. The van der Waals surface area contributed by atoms with Crippen LogP contribution in [0.15, 0.2) is 23.8 Å². The average Bonchev–Trinajstić information content (AvgIpc) is 3.58. The number of ether oxygens (including phenoxy) is 3. The zero-order chi connectivity index (χ0) is 24.4. The van der Waals surface area contributed by atoms with Gasteiger partial charge in [-0.3, -0.25) is 9.59 Å². The van der Waals surface area contributed by atoms with Gasteiger partial charge in [0, 0.05) is 31.3 Å². The third-order valence-corrected chi connectivity index (χ3v) is 6.59. The zero-order valence-electron chi connectivity index (χ0n) is 19.4. The summed E-state index contributed by atoms with van der Waals surface area (Å²) in [6.45, 7) is -0.0899. The lowest BCUT2D eigenvalue weighted by molar-refractivity contribution is -0.141. The molecule has 2 aliphatic carbocycles. The minimum Gasteiger partial charge on any atom is -0.493 e. The molecule has 0 saturated heterocycles. The van der Waals surface area contributed by atoms with Gasteiger partial charge in [-0.15, -0.1) is 0 Å². The van der Waals surface area contributed by atoms with E-state index in [1.54, 1.807) is 23.1 Å². The molecule has 34 heavy (non-hydrogen) atoms. The first kappa shape index (κ1) is 24.5. The highest BCUT2D eigenvalue weighted by Gasteiger charge is 2.51. The molecule has 3 aliphatic rings. The highest BCUT2D eigenvalue weighted by molar-refractivity contribution is 5.96. The van der Waals surface area contributed by atoms with Crippen molar-refractivity contribution < 1.29 is 39.1 Å². The van der Waals surface area contributed by atoms with Crippen LogP contribution in [0.1, 0.15) is 29.9 Å². The summed E-state index contributed by atoms with van der Waals surface area (Å²) in [5, 5.41) is 33.0. The van der Waals surface area contributed by atoms with Crippen LogP contribution < -0.4 is 14.8 Å². The number of nitrogens with zero attached hydrogens (tertiary/aromatic N) is 1. The number of rotatable bonds is 10. The van der Waals surface area contributed by atoms with Crippen LogP contribution in [0.25, 0.3) is 0 Å². The highest BCUT2D eigenvalue weighted by Crippen LogP contribution is 2.51. The largest absolute Gasteiger partial charge is 0.493 e. The molecule has 1 aromatic carbocycles. The fourth-order valence-electron chi connectivity index (χ4n) is 4.79. The molecule has 0 radical (unpaired) electrons. The van der Waals surface area contributed by atoms with Gasteiger partial charge in [0.25, 0.3) is 0 Å². The summed E-state index contributed by atoms with van der Waals surface area (Å²) >= 11 is 0. The number of hydrogen-bond donors (Lipinski definition) is 4. The van der Waals surface area contributed by atoms with Crippen LogP contribution in [0.5, 0.6) is 11.5 Å². The van der Waals surface area contributed by atoms with E-state index in [2.05, 4.69) is 5.32 Å². The number of aliphatic hydroxyl groups is 3. The van der Waals surface area contributed by atoms with Crippen LogP contribution in [0.2, 0.25) is 0 Å². The van der Waals surface area contributed by atoms with E-state index < -0.39 is 30.1 Å². The Hall–Kier alpha value is -2.66. The molecule has 4 atom stereocenters. The molecule has 1 heterocycles. The lowest BCUT2D eigenvalue weighted by atomic mass is 9.77. The van der Waals surface area contributed by atoms with Gasteiger partial charge in [-0.1, -0.05) is 0 Å². The Bertz CT molecular complexity index is 961. The molecule has 10 heteroatoms. The van der Waals surface area contributed by atoms with E-state index in [4.69, 9.17) is 14.2 Å². The summed E-state index contributed by atoms with van der Waals surface area (Å²) in [5.74, 6) is -0.206. The van der Waals surface area contributed by atoms with Gasteiger partial charge in [-0.25, -0.2) is 0 Å². The minimum atomic E-state index is -1.12. The average molecular weight is 477 g/mol. The number of nitrogens with one attached hydrogen (secondary N) is 1. The van der Waals surface area contributed by atoms with Crippen LogP contribution in [0.3, 0.4) is 0 Å². The highest BCUT2D eigenvalue weighted by atomic mass is 16.5. The van der Waals surface area contributed by atoms with E-state index in [-0.39, 0.29) is 32.3 Å². The summed E-state index contributed by atoms with van der Waals surface area (Å²) < 4.78 is 16.7. The smallest absolute Gasteiger partial charge is 0.249 e. The minimum absolute atomic E-state index is 0.0584. The van der Waals surface area contributed by atoms with Crippen molar-refractivity contribution in [2.24, 2.45) is 5.92 Å². The third kappa shape index (κ3) is 4.63. The fourth-order valence-corrected chi connectivity index (χ4v) is 4.79. The summed E-state index contributed by atoms with van der Waals surface area (Å²) in [4.78, 5) is 27.7. The van der Waals surface area contributed by atoms with Gasteiger partial charge in [0.05, 0.1) is 32.3 Å². The second-order valence-electron chi connectivity index (χ2n) is 8.94. The quantitative estimate of drug-likeness (QED) is 0.361. The molecule has 4 unspecified atom stereocenters. The summed E-state index contributed by atoms with van der Waals surface area (Å²) in [7, 11) is 2.92. The van der Waals surface area contributed by atoms with E-state index in [0.717, 1.165) is 12.8 Å². The standard InChI is InChI=1S/C24H32N2O8/c1-32-12-19(29)26(10-13-3-4-13)17-9-16(24(31)25-5-6-27)20-15-7-14(11-28)8-18(33-2)22(15)34-23(20)21(17)30/h7-9,13,17,20-21,23,27-28,30H,3-6,10-12H2,1-2H3,(H,25,31). The molecule has 0 aromatic heterocycles. The van der Waals surface area contributed by atoms with Gasteiger partial charge < -0.3 is 39.7 Å². The molecule has 4 rings (SSSR count). The first-order valence-electron chi connectivity index (χ1n) is 11.5. The van der Waals surface area contributed by atoms with Crippen molar-refractivity contribution in [3.63, 3.8) is 0 Å². The maximum atomic E-state index is 13.2. The number of benzene rings is 1. The number of methoxy groups -OCH3 is 2. The van der Waals surface area contributed by atoms with E-state index in [1.807, 2.05) is 0 Å². The molecule has 2 amide bonds.